The summed E-state index contributed by atoms with van der Waals surface area (Å²) < 4.78 is 0. The van der Waals surface area contributed by atoms with Gasteiger partial charge in [-0.25, -0.2) is 4.98 Å². The molecule has 1 heterocycles. The van der Waals surface area contributed by atoms with E-state index in [-0.39, 0.29) is 0 Å². The smallest absolute Gasteiger partial charge is 0.208 e. The second-order valence-electron chi connectivity index (χ2n) is 4.23. The molecule has 0 amide bonds. The summed E-state index contributed by atoms with van der Waals surface area (Å²) in [7, 11) is 0. The van der Waals surface area contributed by atoms with Crippen molar-refractivity contribution in [3.8, 4) is 0 Å². The van der Waals surface area contributed by atoms with Gasteiger partial charge in [0.15, 0.2) is 0 Å². The molecular weight excluding hydrogens is 206 g/mol. The van der Waals surface area contributed by atoms with Gasteiger partial charge in [0.1, 0.15) is 5.82 Å². The molecule has 3 nitrogen and oxygen atoms in total. The van der Waals surface area contributed by atoms with Crippen LogP contribution in [0.3, 0.4) is 0 Å². The molecule has 1 aromatic rings. The molecule has 0 aromatic carbocycles. The summed E-state index contributed by atoms with van der Waals surface area (Å²) in [4.78, 5) is 4.41. The predicted octanol–water partition coefficient (Wildman–Crippen LogP) is 3.04. The highest BCUT2D eigenvalue weighted by Gasteiger charge is 2.14. The van der Waals surface area contributed by atoms with Gasteiger partial charge in [-0.05, 0) is 18.8 Å². The minimum absolute atomic E-state index is 0.896. The van der Waals surface area contributed by atoms with Gasteiger partial charge in [0.25, 0.3) is 0 Å². The number of rotatable bonds is 4. The first-order chi connectivity index (χ1) is 7.38. The van der Waals surface area contributed by atoms with Crippen molar-refractivity contribution in [2.75, 3.05) is 5.75 Å². The maximum Gasteiger partial charge on any atom is 0.208 e. The van der Waals surface area contributed by atoms with E-state index in [4.69, 9.17) is 0 Å². The zero-order valence-electron chi connectivity index (χ0n) is 9.33. The lowest BCUT2D eigenvalue weighted by atomic mass is 9.91. The minimum atomic E-state index is 0.896. The molecular formula is C11H19N3S. The molecule has 0 spiro atoms. The van der Waals surface area contributed by atoms with Gasteiger partial charge in [-0.3, -0.25) is 5.10 Å². The van der Waals surface area contributed by atoms with E-state index >= 15 is 0 Å². The summed E-state index contributed by atoms with van der Waals surface area (Å²) in [5.74, 6) is 3.09. The fraction of sp³-hybridized carbons (Fsp3) is 0.818. The molecule has 1 aliphatic rings. The molecule has 0 atom stereocenters. The summed E-state index contributed by atoms with van der Waals surface area (Å²) in [6, 6.07) is 0. The zero-order valence-corrected chi connectivity index (χ0v) is 10.1. The molecule has 2 rings (SSSR count). The lowest BCUT2D eigenvalue weighted by molar-refractivity contribution is 0.391. The van der Waals surface area contributed by atoms with Crippen LogP contribution in [0.4, 0.5) is 0 Å². The third-order valence-electron chi connectivity index (χ3n) is 3.02. The molecule has 0 saturated heterocycles. The van der Waals surface area contributed by atoms with E-state index < -0.39 is 0 Å². The van der Waals surface area contributed by atoms with Crippen LogP contribution in [0.25, 0.3) is 0 Å². The van der Waals surface area contributed by atoms with Crippen molar-refractivity contribution in [2.45, 2.75) is 50.6 Å². The fourth-order valence-electron chi connectivity index (χ4n) is 2.05. The van der Waals surface area contributed by atoms with Crippen LogP contribution in [-0.4, -0.2) is 20.9 Å². The van der Waals surface area contributed by atoms with Gasteiger partial charge in [-0.15, -0.1) is 5.10 Å². The number of nitrogens with one attached hydrogen (secondary N) is 1. The maximum absolute atomic E-state index is 4.41. The SMILES string of the molecule is CCc1nc(SCC2CCCCC2)n[nH]1. The molecule has 1 saturated carbocycles. The first-order valence-electron chi connectivity index (χ1n) is 5.92. The van der Waals surface area contributed by atoms with Crippen LogP contribution < -0.4 is 0 Å². The van der Waals surface area contributed by atoms with E-state index in [2.05, 4.69) is 22.1 Å². The monoisotopic (exact) mass is 225 g/mol. The van der Waals surface area contributed by atoms with Gasteiger partial charge in [0.05, 0.1) is 0 Å². The number of hydrogen-bond acceptors (Lipinski definition) is 3. The molecule has 15 heavy (non-hydrogen) atoms. The Morgan fingerprint density at radius 2 is 2.13 bits per heavy atom. The van der Waals surface area contributed by atoms with Gasteiger partial charge in [0, 0.05) is 12.2 Å². The average Bonchev–Trinajstić information content (AvgIpc) is 2.76. The largest absolute Gasteiger partial charge is 0.262 e. The van der Waals surface area contributed by atoms with E-state index in [1.165, 1.54) is 37.9 Å². The van der Waals surface area contributed by atoms with Crippen LogP contribution in [0.1, 0.15) is 44.9 Å². The number of thioether (sulfide) groups is 1. The predicted molar refractivity (Wildman–Crippen MR) is 63.1 cm³/mol. The van der Waals surface area contributed by atoms with E-state index in [1.54, 1.807) is 0 Å². The number of aromatic amines is 1. The summed E-state index contributed by atoms with van der Waals surface area (Å²) in [6.07, 6.45) is 8.01. The Labute approximate surface area is 95.5 Å². The molecule has 0 bridgehead atoms. The lowest BCUT2D eigenvalue weighted by Crippen LogP contribution is -2.08. The second kappa shape index (κ2) is 5.54. The van der Waals surface area contributed by atoms with Gasteiger partial charge >= 0.3 is 0 Å². The van der Waals surface area contributed by atoms with Gasteiger partial charge in [-0.1, -0.05) is 37.9 Å². The Bertz CT molecular complexity index is 292. The highest BCUT2D eigenvalue weighted by Crippen LogP contribution is 2.28. The molecule has 1 N–H and O–H groups in total. The van der Waals surface area contributed by atoms with Crippen LogP contribution >= 0.6 is 11.8 Å². The first-order valence-corrected chi connectivity index (χ1v) is 6.91. The lowest BCUT2D eigenvalue weighted by Gasteiger charge is -2.20. The van der Waals surface area contributed by atoms with Crippen molar-refractivity contribution in [3.63, 3.8) is 0 Å². The summed E-state index contributed by atoms with van der Waals surface area (Å²) in [5, 5.41) is 8.09. The first kappa shape index (κ1) is 11.0. The maximum atomic E-state index is 4.41. The van der Waals surface area contributed by atoms with Gasteiger partial charge in [0.2, 0.25) is 5.16 Å². The highest BCUT2D eigenvalue weighted by atomic mass is 32.2. The third kappa shape index (κ3) is 3.23. The van der Waals surface area contributed by atoms with Crippen LogP contribution in [0.2, 0.25) is 0 Å². The normalized spacial score (nSPS) is 18.2. The van der Waals surface area contributed by atoms with Crippen molar-refractivity contribution in [1.29, 1.82) is 0 Å². The topological polar surface area (TPSA) is 41.6 Å². The number of aromatic nitrogens is 3. The standard InChI is InChI=1S/C11H19N3S/c1-2-10-12-11(14-13-10)15-8-9-6-4-3-5-7-9/h9H,2-8H2,1H3,(H,12,13,14). The minimum Gasteiger partial charge on any atom is -0.262 e. The molecule has 1 aliphatic carbocycles. The molecule has 1 fully saturated rings. The molecule has 0 aliphatic heterocycles. The Kier molecular flexibility index (Phi) is 4.06. The van der Waals surface area contributed by atoms with Crippen molar-refractivity contribution in [1.82, 2.24) is 15.2 Å². The molecule has 84 valence electrons. The fourth-order valence-corrected chi connectivity index (χ4v) is 3.05. The van der Waals surface area contributed by atoms with Gasteiger partial charge in [-0.2, -0.15) is 0 Å². The van der Waals surface area contributed by atoms with E-state index in [0.717, 1.165) is 23.3 Å². The molecule has 0 radical (unpaired) electrons. The second-order valence-corrected chi connectivity index (χ2v) is 5.22. The summed E-state index contributed by atoms with van der Waals surface area (Å²) in [5.41, 5.74) is 0. The van der Waals surface area contributed by atoms with Gasteiger partial charge < -0.3 is 0 Å². The Morgan fingerprint density at radius 3 is 2.80 bits per heavy atom. The Balaban J connectivity index is 1.76. The van der Waals surface area contributed by atoms with Crippen LogP contribution in [-0.2, 0) is 6.42 Å². The van der Waals surface area contributed by atoms with Crippen molar-refractivity contribution < 1.29 is 0 Å². The molecule has 1 aromatic heterocycles. The van der Waals surface area contributed by atoms with Crippen molar-refractivity contribution >= 4 is 11.8 Å². The molecule has 0 unspecified atom stereocenters. The Hall–Kier alpha value is -0.510. The van der Waals surface area contributed by atoms with Crippen molar-refractivity contribution in [3.05, 3.63) is 5.82 Å². The summed E-state index contributed by atoms with van der Waals surface area (Å²) >= 11 is 1.81. The zero-order chi connectivity index (χ0) is 10.5. The Morgan fingerprint density at radius 1 is 1.33 bits per heavy atom. The number of nitrogens with zero attached hydrogens (tertiary/aromatic N) is 2. The quantitative estimate of drug-likeness (QED) is 0.801. The highest BCUT2D eigenvalue weighted by molar-refractivity contribution is 7.99. The number of aryl methyl sites for hydroxylation is 1. The van der Waals surface area contributed by atoms with E-state index in [0.29, 0.717) is 0 Å². The summed E-state index contributed by atoms with van der Waals surface area (Å²) in [6.45, 7) is 2.09. The van der Waals surface area contributed by atoms with E-state index in [9.17, 15) is 0 Å². The number of H-pyrrole nitrogens is 1. The van der Waals surface area contributed by atoms with Crippen molar-refractivity contribution in [2.24, 2.45) is 5.92 Å². The van der Waals surface area contributed by atoms with Crippen LogP contribution in [0.15, 0.2) is 5.16 Å². The van der Waals surface area contributed by atoms with Crippen LogP contribution in [0, 0.1) is 5.92 Å². The van der Waals surface area contributed by atoms with E-state index in [1.807, 2.05) is 11.8 Å². The average molecular weight is 225 g/mol. The van der Waals surface area contributed by atoms with Crippen LogP contribution in [0.5, 0.6) is 0 Å². The number of hydrogen-bond donors (Lipinski definition) is 1. The third-order valence-corrected chi connectivity index (χ3v) is 4.10. The molecule has 4 heteroatoms.